The van der Waals surface area contributed by atoms with E-state index < -0.39 is 5.92 Å². The van der Waals surface area contributed by atoms with Crippen molar-refractivity contribution >= 4 is 29.2 Å². The Hall–Kier alpha value is -2.61. The molecule has 1 heterocycles. The standard InChI is InChI=1S/C17H18ClF2N5O/c1-10-6-11(2)24-16(23-10)26-9-13(25-21)8-22-12-4-5-15(18)14(7-12)17(3,19)20/h4-8H,9,21H2,1-3H3. The lowest BCUT2D eigenvalue weighted by Crippen LogP contribution is -2.16. The molecule has 0 fully saturated rings. The molecule has 1 aromatic carbocycles. The maximum absolute atomic E-state index is 13.5. The van der Waals surface area contributed by atoms with Gasteiger partial charge < -0.3 is 10.6 Å². The van der Waals surface area contributed by atoms with Gasteiger partial charge in [-0.15, -0.1) is 0 Å². The summed E-state index contributed by atoms with van der Waals surface area (Å²) in [5.41, 5.74) is 1.80. The van der Waals surface area contributed by atoms with Crippen LogP contribution in [0, 0.1) is 13.8 Å². The van der Waals surface area contributed by atoms with E-state index in [1.165, 1.54) is 24.4 Å². The number of aryl methyl sites for hydroxylation is 2. The van der Waals surface area contributed by atoms with Crippen LogP contribution in [0.5, 0.6) is 6.01 Å². The van der Waals surface area contributed by atoms with Crippen molar-refractivity contribution in [1.82, 2.24) is 9.97 Å². The topological polar surface area (TPSA) is 85.8 Å². The maximum Gasteiger partial charge on any atom is 0.317 e. The summed E-state index contributed by atoms with van der Waals surface area (Å²) in [7, 11) is 0. The SMILES string of the molecule is Cc1cc(C)nc(OCC(C=Nc2ccc(Cl)c(C(C)(F)F)c2)=NN)n1. The van der Waals surface area contributed by atoms with Crippen LogP contribution in [0.3, 0.4) is 0 Å². The third-order valence-corrected chi connectivity index (χ3v) is 3.59. The molecule has 6 nitrogen and oxygen atoms in total. The molecule has 0 amide bonds. The number of aliphatic imine (C=N–C) groups is 1. The lowest BCUT2D eigenvalue weighted by Gasteiger charge is -2.12. The summed E-state index contributed by atoms with van der Waals surface area (Å²) in [5.74, 6) is 2.25. The van der Waals surface area contributed by atoms with Crippen molar-refractivity contribution in [1.29, 1.82) is 0 Å². The zero-order valence-corrected chi connectivity index (χ0v) is 15.3. The third kappa shape index (κ3) is 5.45. The molecule has 0 aliphatic carbocycles. The second-order valence-corrected chi connectivity index (χ2v) is 6.06. The van der Waals surface area contributed by atoms with Gasteiger partial charge in [-0.3, -0.25) is 4.99 Å². The van der Waals surface area contributed by atoms with Crippen molar-refractivity contribution in [3.8, 4) is 6.01 Å². The van der Waals surface area contributed by atoms with Crippen LogP contribution in [0.1, 0.15) is 23.9 Å². The van der Waals surface area contributed by atoms with Gasteiger partial charge in [0.2, 0.25) is 0 Å². The first-order chi connectivity index (χ1) is 12.2. The minimum Gasteiger partial charge on any atom is -0.457 e. The molecule has 0 spiro atoms. The normalized spacial score (nSPS) is 12.6. The van der Waals surface area contributed by atoms with E-state index in [1.54, 1.807) is 0 Å². The van der Waals surface area contributed by atoms with Gasteiger partial charge in [0.05, 0.1) is 11.9 Å². The monoisotopic (exact) mass is 381 g/mol. The minimum absolute atomic E-state index is 0.0206. The van der Waals surface area contributed by atoms with Gasteiger partial charge in [0.1, 0.15) is 12.3 Å². The molecule has 0 radical (unpaired) electrons. The van der Waals surface area contributed by atoms with Crippen LogP contribution >= 0.6 is 11.6 Å². The highest BCUT2D eigenvalue weighted by Crippen LogP contribution is 2.35. The van der Waals surface area contributed by atoms with Crippen molar-refractivity contribution in [3.05, 3.63) is 46.2 Å². The van der Waals surface area contributed by atoms with Gasteiger partial charge in [0.25, 0.3) is 5.92 Å². The van der Waals surface area contributed by atoms with Crippen LogP contribution in [-0.4, -0.2) is 28.5 Å². The van der Waals surface area contributed by atoms with E-state index in [2.05, 4.69) is 20.1 Å². The van der Waals surface area contributed by atoms with Gasteiger partial charge in [-0.2, -0.15) is 5.10 Å². The molecule has 26 heavy (non-hydrogen) atoms. The van der Waals surface area contributed by atoms with Gasteiger partial charge in [0, 0.05) is 28.9 Å². The van der Waals surface area contributed by atoms with Gasteiger partial charge in [-0.25, -0.2) is 18.7 Å². The fraction of sp³-hybridized carbons (Fsp3) is 0.294. The molecular formula is C17H18ClF2N5O. The Kier molecular flexibility index (Phi) is 6.20. The smallest absolute Gasteiger partial charge is 0.317 e. The number of ether oxygens (including phenoxy) is 1. The summed E-state index contributed by atoms with van der Waals surface area (Å²) in [6.45, 7) is 4.39. The van der Waals surface area contributed by atoms with Crippen LogP contribution in [0.15, 0.2) is 34.4 Å². The number of halogens is 3. The van der Waals surface area contributed by atoms with E-state index in [0.29, 0.717) is 0 Å². The molecule has 138 valence electrons. The van der Waals surface area contributed by atoms with E-state index in [9.17, 15) is 8.78 Å². The zero-order valence-electron chi connectivity index (χ0n) is 14.5. The fourth-order valence-electron chi connectivity index (χ4n) is 2.08. The number of nitrogens with zero attached hydrogens (tertiary/aromatic N) is 4. The lowest BCUT2D eigenvalue weighted by molar-refractivity contribution is 0.0176. The summed E-state index contributed by atoms with van der Waals surface area (Å²) in [5, 5.41) is 3.54. The van der Waals surface area contributed by atoms with Crippen molar-refractivity contribution in [2.45, 2.75) is 26.7 Å². The van der Waals surface area contributed by atoms with Crippen LogP contribution < -0.4 is 10.6 Å². The average Bonchev–Trinajstić information content (AvgIpc) is 2.54. The van der Waals surface area contributed by atoms with E-state index in [-0.39, 0.29) is 34.6 Å². The highest BCUT2D eigenvalue weighted by molar-refractivity contribution is 6.32. The molecule has 9 heteroatoms. The minimum atomic E-state index is -3.07. The Morgan fingerprint density at radius 3 is 2.50 bits per heavy atom. The Bertz CT molecular complexity index is 829. The predicted octanol–water partition coefficient (Wildman–Crippen LogP) is 3.95. The summed E-state index contributed by atoms with van der Waals surface area (Å²) < 4.78 is 32.5. The molecule has 2 rings (SSSR count). The van der Waals surface area contributed by atoms with Gasteiger partial charge in [0.15, 0.2) is 0 Å². The van der Waals surface area contributed by atoms with E-state index in [0.717, 1.165) is 18.3 Å². The van der Waals surface area contributed by atoms with Crippen LogP contribution in [0.25, 0.3) is 0 Å². The Labute approximate surface area is 154 Å². The number of benzene rings is 1. The van der Waals surface area contributed by atoms with Crippen LogP contribution in [0.4, 0.5) is 14.5 Å². The molecule has 0 aliphatic rings. The van der Waals surface area contributed by atoms with Crippen molar-refractivity contribution in [2.24, 2.45) is 15.9 Å². The van der Waals surface area contributed by atoms with Crippen molar-refractivity contribution < 1.29 is 13.5 Å². The number of nitrogens with two attached hydrogens (primary N) is 1. The molecule has 0 bridgehead atoms. The summed E-state index contributed by atoms with van der Waals surface area (Å²) in [6, 6.07) is 6.08. The average molecular weight is 382 g/mol. The molecule has 2 aromatic rings. The highest BCUT2D eigenvalue weighted by atomic mass is 35.5. The summed E-state index contributed by atoms with van der Waals surface area (Å²) in [4.78, 5) is 12.4. The summed E-state index contributed by atoms with van der Waals surface area (Å²) >= 11 is 5.80. The third-order valence-electron chi connectivity index (χ3n) is 3.26. The number of hydrogen-bond donors (Lipinski definition) is 1. The molecule has 2 N–H and O–H groups in total. The second-order valence-electron chi connectivity index (χ2n) is 5.65. The quantitative estimate of drug-likeness (QED) is 0.466. The van der Waals surface area contributed by atoms with Gasteiger partial charge >= 0.3 is 6.01 Å². The van der Waals surface area contributed by atoms with E-state index in [4.69, 9.17) is 22.2 Å². The van der Waals surface area contributed by atoms with Crippen molar-refractivity contribution in [3.63, 3.8) is 0 Å². The van der Waals surface area contributed by atoms with E-state index in [1.807, 2.05) is 19.9 Å². The zero-order chi connectivity index (χ0) is 19.3. The predicted molar refractivity (Wildman–Crippen MR) is 97.8 cm³/mol. The van der Waals surface area contributed by atoms with E-state index >= 15 is 0 Å². The molecule has 0 atom stereocenters. The van der Waals surface area contributed by atoms with Crippen LogP contribution in [-0.2, 0) is 5.92 Å². The Morgan fingerprint density at radius 1 is 1.27 bits per heavy atom. The van der Waals surface area contributed by atoms with Crippen LogP contribution in [0.2, 0.25) is 5.02 Å². The Morgan fingerprint density at radius 2 is 1.92 bits per heavy atom. The first-order valence-corrected chi connectivity index (χ1v) is 8.00. The molecule has 0 saturated carbocycles. The number of aromatic nitrogens is 2. The van der Waals surface area contributed by atoms with Crippen molar-refractivity contribution in [2.75, 3.05) is 6.61 Å². The van der Waals surface area contributed by atoms with Gasteiger partial charge in [-0.05, 0) is 38.1 Å². The second kappa shape index (κ2) is 8.18. The first kappa shape index (κ1) is 19.7. The highest BCUT2D eigenvalue weighted by Gasteiger charge is 2.27. The maximum atomic E-state index is 13.5. The number of hydrazone groups is 1. The Balaban J connectivity index is 2.10. The molecule has 0 unspecified atom stereocenters. The molecule has 0 aliphatic heterocycles. The van der Waals surface area contributed by atoms with Gasteiger partial charge in [-0.1, -0.05) is 11.6 Å². The number of alkyl halides is 2. The summed E-state index contributed by atoms with van der Waals surface area (Å²) in [6.07, 6.45) is 1.32. The first-order valence-electron chi connectivity index (χ1n) is 7.63. The number of hydrogen-bond acceptors (Lipinski definition) is 6. The largest absolute Gasteiger partial charge is 0.457 e. The number of rotatable bonds is 6. The molecular weight excluding hydrogens is 364 g/mol. The lowest BCUT2D eigenvalue weighted by atomic mass is 10.1. The molecule has 1 aromatic heterocycles. The molecule has 0 saturated heterocycles. The fourth-order valence-corrected chi connectivity index (χ4v) is 2.37.